The van der Waals surface area contributed by atoms with E-state index in [1.807, 2.05) is 11.0 Å². The molecule has 4 aliphatic heterocycles. The number of halogens is 2. The van der Waals surface area contributed by atoms with Crippen molar-refractivity contribution in [1.82, 2.24) is 29.0 Å². The van der Waals surface area contributed by atoms with Crippen LogP contribution in [0.25, 0.3) is 10.9 Å². The van der Waals surface area contributed by atoms with Gasteiger partial charge in [0.05, 0.1) is 47.7 Å². The van der Waals surface area contributed by atoms with Gasteiger partial charge in [0.1, 0.15) is 28.3 Å². The SMILES string of the molecule is CCN(C)S(=O)(=O)Nc1ccc(F)c(Oc2ccc3ncn(C4COC5(CCN(C(=O)CN6CCC(c7ccc(NC8CCC(=O)NC8=O)cc7S(=O)(=O)F)CC6)CC5)C4)c(=O)c3c2)c1C#N. The Labute approximate surface area is 385 Å². The lowest BCUT2D eigenvalue weighted by Crippen LogP contribution is -2.50. The molecule has 1 spiro atoms. The van der Waals surface area contributed by atoms with E-state index in [1.54, 1.807) is 24.0 Å². The predicted molar refractivity (Wildman–Crippen MR) is 239 cm³/mol. The third-order valence-electron chi connectivity index (χ3n) is 13.1. The normalized spacial score (nSPS) is 20.5. The van der Waals surface area contributed by atoms with Gasteiger partial charge < -0.3 is 19.7 Å². The topological polar surface area (TPSA) is 242 Å². The number of benzene rings is 3. The van der Waals surface area contributed by atoms with Crippen molar-refractivity contribution < 1.29 is 49.0 Å². The number of carbonyl (C=O) groups is 3. The van der Waals surface area contributed by atoms with E-state index in [2.05, 4.69) is 20.3 Å². The largest absolute Gasteiger partial charge is 0.453 e. The summed E-state index contributed by atoms with van der Waals surface area (Å²) in [6, 6.07) is 11.4. The summed E-state index contributed by atoms with van der Waals surface area (Å²) in [5.74, 6) is -2.72. The quantitative estimate of drug-likeness (QED) is 0.127. The lowest BCUT2D eigenvalue weighted by atomic mass is 9.87. The number of hydrogen-bond acceptors (Lipinski definition) is 14. The summed E-state index contributed by atoms with van der Waals surface area (Å²) in [6.45, 7) is 3.98. The first-order chi connectivity index (χ1) is 31.9. The van der Waals surface area contributed by atoms with Crippen LogP contribution >= 0.6 is 0 Å². The Bertz CT molecular complexity index is 2950. The lowest BCUT2D eigenvalue weighted by Gasteiger charge is -2.40. The van der Waals surface area contributed by atoms with E-state index in [4.69, 9.17) is 9.47 Å². The Morgan fingerprint density at radius 2 is 1.79 bits per heavy atom. The molecule has 67 heavy (non-hydrogen) atoms. The molecule has 5 heterocycles. The Morgan fingerprint density at radius 3 is 2.48 bits per heavy atom. The summed E-state index contributed by atoms with van der Waals surface area (Å²) in [4.78, 5) is 59.0. The molecule has 2 atom stereocenters. The lowest BCUT2D eigenvalue weighted by molar-refractivity contribution is -0.137. The number of fused-ring (bicyclic) bond motifs is 1. The van der Waals surface area contributed by atoms with Gasteiger partial charge >= 0.3 is 20.4 Å². The number of nitriles is 1. The minimum atomic E-state index is -5.12. The highest BCUT2D eigenvalue weighted by atomic mass is 32.3. The Kier molecular flexibility index (Phi) is 13.4. The Hall–Kier alpha value is -6.06. The highest BCUT2D eigenvalue weighted by Gasteiger charge is 2.44. The maximum atomic E-state index is 15.1. The van der Waals surface area contributed by atoms with Crippen LogP contribution in [0.2, 0.25) is 0 Å². The van der Waals surface area contributed by atoms with E-state index in [0.717, 1.165) is 16.4 Å². The number of aromatic nitrogens is 2. The molecule has 356 valence electrons. The number of carbonyl (C=O) groups excluding carboxylic acids is 3. The van der Waals surface area contributed by atoms with E-state index in [1.165, 1.54) is 42.2 Å². The Balaban J connectivity index is 0.863. The van der Waals surface area contributed by atoms with Crippen molar-refractivity contribution in [2.45, 2.75) is 80.4 Å². The summed E-state index contributed by atoms with van der Waals surface area (Å²) in [6.07, 6.45) is 4.33. The first-order valence-electron chi connectivity index (χ1n) is 21.9. The second-order valence-electron chi connectivity index (χ2n) is 17.3. The van der Waals surface area contributed by atoms with Gasteiger partial charge in [-0.05, 0) is 106 Å². The van der Waals surface area contributed by atoms with Gasteiger partial charge in [0.2, 0.25) is 17.7 Å². The third-order valence-corrected chi connectivity index (χ3v) is 15.6. The molecular weight excluding hydrogens is 917 g/mol. The van der Waals surface area contributed by atoms with Gasteiger partial charge in [-0.15, -0.1) is 3.89 Å². The van der Waals surface area contributed by atoms with Crippen LogP contribution in [0.1, 0.15) is 75.0 Å². The fourth-order valence-electron chi connectivity index (χ4n) is 9.21. The van der Waals surface area contributed by atoms with E-state index >= 15 is 4.39 Å². The van der Waals surface area contributed by atoms with Crippen molar-refractivity contribution in [3.8, 4) is 17.6 Å². The Morgan fingerprint density at radius 1 is 1.04 bits per heavy atom. The van der Waals surface area contributed by atoms with Crippen LogP contribution in [0.15, 0.2) is 64.5 Å². The van der Waals surface area contributed by atoms with Crippen molar-refractivity contribution in [2.24, 2.45) is 0 Å². The van der Waals surface area contributed by atoms with Gasteiger partial charge in [0.25, 0.3) is 5.56 Å². The van der Waals surface area contributed by atoms with Gasteiger partial charge in [0, 0.05) is 38.8 Å². The molecule has 3 aromatic carbocycles. The van der Waals surface area contributed by atoms with Crippen LogP contribution in [0, 0.1) is 17.1 Å². The van der Waals surface area contributed by atoms with Crippen molar-refractivity contribution in [3.63, 3.8) is 0 Å². The zero-order valence-electron chi connectivity index (χ0n) is 36.7. The second-order valence-corrected chi connectivity index (χ2v) is 20.4. The van der Waals surface area contributed by atoms with Crippen LogP contribution < -0.4 is 25.7 Å². The number of piperidine rings is 3. The number of anilines is 2. The number of imide groups is 1. The van der Waals surface area contributed by atoms with Gasteiger partial charge in [0.15, 0.2) is 11.6 Å². The number of nitrogens with zero attached hydrogens (tertiary/aromatic N) is 6. The van der Waals surface area contributed by atoms with Crippen LogP contribution in [0.4, 0.5) is 19.7 Å². The number of ether oxygens (including phenoxy) is 2. The smallest absolute Gasteiger partial charge is 0.332 e. The molecule has 4 saturated heterocycles. The van der Waals surface area contributed by atoms with Crippen LogP contribution in [-0.2, 0) is 39.6 Å². The summed E-state index contributed by atoms with van der Waals surface area (Å²) in [5, 5.41) is 15.2. The van der Waals surface area contributed by atoms with Crippen molar-refractivity contribution in [2.75, 3.05) is 63.0 Å². The van der Waals surface area contributed by atoms with Crippen molar-refractivity contribution >= 4 is 60.4 Å². The molecule has 4 aromatic rings. The summed E-state index contributed by atoms with van der Waals surface area (Å²) < 4.78 is 96.6. The number of nitrogens with one attached hydrogen (secondary N) is 3. The number of hydrogen-bond donors (Lipinski definition) is 3. The molecule has 8 rings (SSSR count). The molecule has 2 unspecified atom stereocenters. The first kappa shape index (κ1) is 47.4. The predicted octanol–water partition coefficient (Wildman–Crippen LogP) is 3.89. The first-order valence-corrected chi connectivity index (χ1v) is 24.7. The van der Waals surface area contributed by atoms with Crippen LogP contribution in [0.5, 0.6) is 11.5 Å². The molecule has 4 fully saturated rings. The average Bonchev–Trinajstić information content (AvgIpc) is 3.71. The standard InChI is InChI=1S/C44H49F2N9O10S2/c1-3-52(2)67(62,63)51-36-9-7-34(45)41(33(36)23-47)65-30-5-8-35-32(21-30)43(59)55(26-48-35)29-22-44(64-25-29)14-18-54(19-15-44)40(57)24-53-16-12-27(13-17-53)31-6-4-28(20-38(31)66(46,60)61)49-37-10-11-39(56)50-42(37)58/h4-9,20-21,26-27,29,37,49,51H,3,10-19,22,24-25H2,1-2H3,(H,50,56,58). The van der Waals surface area contributed by atoms with Gasteiger partial charge in [-0.3, -0.25) is 38.7 Å². The molecule has 23 heteroatoms. The number of amides is 3. The molecule has 0 aliphatic carbocycles. The minimum absolute atomic E-state index is 0.0139. The van der Waals surface area contributed by atoms with E-state index in [-0.39, 0.29) is 72.9 Å². The number of rotatable bonds is 13. The molecule has 1 aromatic heterocycles. The maximum Gasteiger partial charge on any atom is 0.332 e. The zero-order chi connectivity index (χ0) is 47.8. The van der Waals surface area contributed by atoms with Gasteiger partial charge in [-0.1, -0.05) is 13.0 Å². The van der Waals surface area contributed by atoms with Crippen LogP contribution in [0.3, 0.4) is 0 Å². The molecule has 3 amide bonds. The summed E-state index contributed by atoms with van der Waals surface area (Å²) in [5.41, 5.74) is -0.645. The highest BCUT2D eigenvalue weighted by molar-refractivity contribution is 7.90. The fraction of sp³-hybridized carbons (Fsp3) is 0.455. The highest BCUT2D eigenvalue weighted by Crippen LogP contribution is 2.41. The maximum absolute atomic E-state index is 15.1. The van der Waals surface area contributed by atoms with Gasteiger partial charge in [-0.25, -0.2) is 9.37 Å². The molecule has 19 nitrogen and oxygen atoms in total. The summed E-state index contributed by atoms with van der Waals surface area (Å²) in [7, 11) is -7.82. The van der Waals surface area contributed by atoms with E-state index in [0.29, 0.717) is 69.4 Å². The molecule has 0 bridgehead atoms. The van der Waals surface area contributed by atoms with Crippen LogP contribution in [-0.4, -0.2) is 123 Å². The van der Waals surface area contributed by atoms with E-state index < -0.39 is 71.5 Å². The second kappa shape index (κ2) is 18.9. The molecule has 3 N–H and O–H groups in total. The van der Waals surface area contributed by atoms with Crippen molar-refractivity contribution in [1.29, 1.82) is 5.26 Å². The minimum Gasteiger partial charge on any atom is -0.453 e. The molecular formula is C44H49F2N9O10S2. The zero-order valence-corrected chi connectivity index (χ0v) is 38.3. The van der Waals surface area contributed by atoms with E-state index in [9.17, 15) is 45.2 Å². The third kappa shape index (κ3) is 10.1. The molecule has 4 aliphatic rings. The van der Waals surface area contributed by atoms with Gasteiger partial charge in [-0.2, -0.15) is 26.4 Å². The van der Waals surface area contributed by atoms with Crippen molar-refractivity contribution in [3.05, 3.63) is 82.2 Å². The summed E-state index contributed by atoms with van der Waals surface area (Å²) >= 11 is 0. The number of likely N-dealkylation sites (tertiary alicyclic amines) is 2. The molecule has 0 saturated carbocycles. The average molecular weight is 966 g/mol. The molecule has 0 radical (unpaired) electrons. The monoisotopic (exact) mass is 965 g/mol. The fourth-order valence-corrected chi connectivity index (χ4v) is 10.9.